The Labute approximate surface area is 200 Å². The van der Waals surface area contributed by atoms with Crippen LogP contribution in [0.25, 0.3) is 0 Å². The number of nitrogens with one attached hydrogen (secondary N) is 1. The van der Waals surface area contributed by atoms with E-state index < -0.39 is 0 Å². The highest BCUT2D eigenvalue weighted by Crippen LogP contribution is 2.20. The Morgan fingerprint density at radius 3 is 2.15 bits per heavy atom. The lowest BCUT2D eigenvalue weighted by Crippen LogP contribution is -2.42. The number of carbonyl (C=O) groups excluding carboxylic acids is 1. The first kappa shape index (κ1) is 27.0. The summed E-state index contributed by atoms with van der Waals surface area (Å²) < 4.78 is 11.6. The summed E-state index contributed by atoms with van der Waals surface area (Å²) in [4.78, 5) is 15.2. The highest BCUT2D eigenvalue weighted by Gasteiger charge is 2.16. The molecule has 0 saturated carbocycles. The maximum Gasteiger partial charge on any atom is 0.287 e. The lowest BCUT2D eigenvalue weighted by molar-refractivity contribution is 0.0896. The first-order valence-corrected chi connectivity index (χ1v) is 12.8. The van der Waals surface area contributed by atoms with E-state index in [0.717, 1.165) is 25.4 Å². The van der Waals surface area contributed by atoms with Gasteiger partial charge in [0.2, 0.25) is 0 Å². The molecule has 0 aliphatic heterocycles. The van der Waals surface area contributed by atoms with Crippen molar-refractivity contribution in [2.24, 2.45) is 0 Å². The van der Waals surface area contributed by atoms with Gasteiger partial charge in [0.05, 0.1) is 0 Å². The van der Waals surface area contributed by atoms with E-state index in [4.69, 9.17) is 9.15 Å². The van der Waals surface area contributed by atoms with Crippen LogP contribution in [0.1, 0.15) is 101 Å². The summed E-state index contributed by atoms with van der Waals surface area (Å²) in [5.74, 6) is 2.09. The minimum absolute atomic E-state index is 0.0602. The fourth-order valence-corrected chi connectivity index (χ4v) is 3.87. The number of hydrogen-bond acceptors (Lipinski definition) is 4. The van der Waals surface area contributed by atoms with Crippen LogP contribution in [0.3, 0.4) is 0 Å². The normalized spacial score (nSPS) is 12.3. The highest BCUT2D eigenvalue weighted by molar-refractivity contribution is 5.91. The number of amides is 1. The summed E-state index contributed by atoms with van der Waals surface area (Å²) in [5, 5.41) is 3.10. The summed E-state index contributed by atoms with van der Waals surface area (Å²) >= 11 is 0. The minimum atomic E-state index is -0.169. The van der Waals surface area contributed by atoms with Gasteiger partial charge in [-0.2, -0.15) is 0 Å². The van der Waals surface area contributed by atoms with Crippen molar-refractivity contribution in [1.29, 1.82) is 0 Å². The zero-order valence-corrected chi connectivity index (χ0v) is 21.4. The molecule has 1 aromatic heterocycles. The fraction of sp³-hybridized carbons (Fsp3) is 0.607. The van der Waals surface area contributed by atoms with Crippen molar-refractivity contribution in [3.05, 3.63) is 53.5 Å². The van der Waals surface area contributed by atoms with E-state index in [0.29, 0.717) is 24.0 Å². The predicted octanol–water partition coefficient (Wildman–Crippen LogP) is 6.78. The first-order chi connectivity index (χ1) is 15.9. The van der Waals surface area contributed by atoms with Crippen LogP contribution in [0, 0.1) is 0 Å². The molecule has 0 fully saturated rings. The van der Waals surface area contributed by atoms with Crippen LogP contribution in [0.4, 0.5) is 0 Å². The number of hydrogen-bond donors (Lipinski definition) is 1. The molecule has 0 spiro atoms. The van der Waals surface area contributed by atoms with Crippen molar-refractivity contribution < 1.29 is 13.9 Å². The quantitative estimate of drug-likeness (QED) is 0.283. The molecular formula is C28H44N2O3. The van der Waals surface area contributed by atoms with Crippen molar-refractivity contribution in [2.75, 3.05) is 19.6 Å². The van der Waals surface area contributed by atoms with Crippen molar-refractivity contribution in [3.63, 3.8) is 0 Å². The van der Waals surface area contributed by atoms with Crippen LogP contribution in [-0.4, -0.2) is 36.5 Å². The lowest BCUT2D eigenvalue weighted by atomic mass is 10.0. The zero-order valence-electron chi connectivity index (χ0n) is 21.4. The second-order valence-electron chi connectivity index (χ2n) is 9.37. The third-order valence-electron chi connectivity index (χ3n) is 5.88. The molecule has 5 nitrogen and oxygen atoms in total. The average Bonchev–Trinajstić information content (AvgIpc) is 3.27. The summed E-state index contributed by atoms with van der Waals surface area (Å²) in [7, 11) is 0. The maximum atomic E-state index is 12.7. The molecule has 5 heteroatoms. The van der Waals surface area contributed by atoms with E-state index in [1.807, 2.05) is 18.2 Å². The number of rotatable bonds is 16. The summed E-state index contributed by atoms with van der Waals surface area (Å²) in [6.45, 7) is 14.2. The molecule has 2 rings (SSSR count). The number of nitrogens with zero attached hydrogens (tertiary/aromatic N) is 1. The number of ether oxygens (including phenoxy) is 1. The van der Waals surface area contributed by atoms with E-state index in [-0.39, 0.29) is 11.9 Å². The Hall–Kier alpha value is -2.27. The standard InChI is InChI=1S/C28H44N2O3/c1-6-8-10-18-30(19-11-9-7-2)20-23(5)29-28(31)27-17-16-26(33-27)21-32-25-14-12-24(13-15-25)22(3)4/h12-17,22-23H,6-11,18-21H2,1-5H3,(H,29,31). The van der Waals surface area contributed by atoms with Gasteiger partial charge in [0, 0.05) is 12.6 Å². The average molecular weight is 457 g/mol. The smallest absolute Gasteiger partial charge is 0.287 e. The monoisotopic (exact) mass is 456 g/mol. The summed E-state index contributed by atoms with van der Waals surface area (Å²) in [6, 6.07) is 11.7. The van der Waals surface area contributed by atoms with E-state index in [2.05, 4.69) is 57.0 Å². The molecule has 0 bridgehead atoms. The molecule has 0 aliphatic carbocycles. The van der Waals surface area contributed by atoms with Gasteiger partial charge < -0.3 is 19.4 Å². The molecule has 2 aromatic rings. The third kappa shape index (κ3) is 10.0. The van der Waals surface area contributed by atoms with Gasteiger partial charge in [-0.1, -0.05) is 65.5 Å². The van der Waals surface area contributed by atoms with Crippen LogP contribution in [-0.2, 0) is 6.61 Å². The van der Waals surface area contributed by atoms with Gasteiger partial charge in [-0.3, -0.25) is 4.79 Å². The van der Waals surface area contributed by atoms with E-state index in [9.17, 15) is 4.79 Å². The molecular weight excluding hydrogens is 412 g/mol. The van der Waals surface area contributed by atoms with Gasteiger partial charge in [0.15, 0.2) is 5.76 Å². The molecule has 1 heterocycles. The molecule has 0 aliphatic rings. The number of unbranched alkanes of at least 4 members (excludes halogenated alkanes) is 4. The summed E-state index contributed by atoms with van der Waals surface area (Å²) in [5.41, 5.74) is 1.28. The zero-order chi connectivity index (χ0) is 24.1. The maximum absolute atomic E-state index is 12.7. The Morgan fingerprint density at radius 1 is 0.939 bits per heavy atom. The highest BCUT2D eigenvalue weighted by atomic mass is 16.5. The van der Waals surface area contributed by atoms with Gasteiger partial charge >= 0.3 is 0 Å². The molecule has 184 valence electrons. The van der Waals surface area contributed by atoms with Gasteiger partial charge in [0.1, 0.15) is 18.1 Å². The molecule has 1 N–H and O–H groups in total. The molecule has 1 atom stereocenters. The van der Waals surface area contributed by atoms with Gasteiger partial charge in [-0.15, -0.1) is 0 Å². The van der Waals surface area contributed by atoms with Crippen LogP contribution < -0.4 is 10.1 Å². The van der Waals surface area contributed by atoms with Gasteiger partial charge in [-0.25, -0.2) is 0 Å². The number of carbonyl (C=O) groups is 1. The van der Waals surface area contributed by atoms with Crippen molar-refractivity contribution >= 4 is 5.91 Å². The Morgan fingerprint density at radius 2 is 1.58 bits per heavy atom. The largest absolute Gasteiger partial charge is 0.486 e. The van der Waals surface area contributed by atoms with Crippen molar-refractivity contribution in [3.8, 4) is 5.75 Å². The van der Waals surface area contributed by atoms with Gasteiger partial charge in [0.25, 0.3) is 5.91 Å². The van der Waals surface area contributed by atoms with Crippen LogP contribution in [0.15, 0.2) is 40.8 Å². The Balaban J connectivity index is 1.82. The van der Waals surface area contributed by atoms with Crippen LogP contribution in [0.5, 0.6) is 5.75 Å². The van der Waals surface area contributed by atoms with E-state index >= 15 is 0 Å². The van der Waals surface area contributed by atoms with Crippen LogP contribution >= 0.6 is 0 Å². The molecule has 0 radical (unpaired) electrons. The molecule has 1 aromatic carbocycles. The van der Waals surface area contributed by atoms with Gasteiger partial charge in [-0.05, 0) is 68.6 Å². The molecule has 1 amide bonds. The number of furan rings is 1. The van der Waals surface area contributed by atoms with Crippen molar-refractivity contribution in [1.82, 2.24) is 10.2 Å². The Bertz CT molecular complexity index is 788. The molecule has 0 saturated heterocycles. The first-order valence-electron chi connectivity index (χ1n) is 12.8. The van der Waals surface area contributed by atoms with Crippen molar-refractivity contribution in [2.45, 2.75) is 91.7 Å². The predicted molar refractivity (Wildman–Crippen MR) is 136 cm³/mol. The third-order valence-corrected chi connectivity index (χ3v) is 5.88. The van der Waals surface area contributed by atoms with E-state index in [1.165, 1.54) is 44.1 Å². The molecule has 1 unspecified atom stereocenters. The topological polar surface area (TPSA) is 54.7 Å². The lowest BCUT2D eigenvalue weighted by Gasteiger charge is -2.26. The fourth-order valence-electron chi connectivity index (χ4n) is 3.87. The minimum Gasteiger partial charge on any atom is -0.486 e. The molecule has 33 heavy (non-hydrogen) atoms. The second kappa shape index (κ2) is 14.8. The Kier molecular flexibility index (Phi) is 12.1. The van der Waals surface area contributed by atoms with E-state index in [1.54, 1.807) is 6.07 Å². The van der Waals surface area contributed by atoms with Crippen LogP contribution in [0.2, 0.25) is 0 Å². The second-order valence-corrected chi connectivity index (χ2v) is 9.37. The summed E-state index contributed by atoms with van der Waals surface area (Å²) in [6.07, 6.45) is 7.39. The number of benzene rings is 1. The SMILES string of the molecule is CCCCCN(CCCCC)CC(C)NC(=O)c1ccc(COc2ccc(C(C)C)cc2)o1.